The van der Waals surface area contributed by atoms with Crippen molar-refractivity contribution in [3.05, 3.63) is 203 Å². The van der Waals surface area contributed by atoms with Gasteiger partial charge in [0.15, 0.2) is 56.6 Å². The minimum absolute atomic E-state index is 0.00644. The Kier molecular flexibility index (Phi) is 22.0. The Morgan fingerprint density at radius 3 is 1.27 bits per heavy atom. The summed E-state index contributed by atoms with van der Waals surface area (Å²) in [5.41, 5.74) is -12.6. The highest BCUT2D eigenvalue weighted by molar-refractivity contribution is 9.11. The van der Waals surface area contributed by atoms with Gasteiger partial charge in [-0.05, 0) is 95.2 Å². The molecule has 11 N–H and O–H groups in total. The maximum absolute atomic E-state index is 16.5. The number of hydrogen-bond donors (Lipinski definition) is 11. The number of amides is 5. The van der Waals surface area contributed by atoms with E-state index in [0.29, 0.717) is 78.2 Å². The van der Waals surface area contributed by atoms with E-state index >= 15 is 33.6 Å². The third kappa shape index (κ3) is 14.9. The first-order chi connectivity index (χ1) is 56.3. The molecule has 0 fully saturated rings. The van der Waals surface area contributed by atoms with E-state index in [1.807, 2.05) is 5.32 Å². The molecule has 600 valence electrons. The molecule has 118 heavy (non-hydrogen) atoms. The number of aromatic nitrogens is 8. The summed E-state index contributed by atoms with van der Waals surface area (Å²) in [7, 11) is 1.31. The van der Waals surface area contributed by atoms with E-state index in [1.54, 1.807) is 68.6 Å². The van der Waals surface area contributed by atoms with Crippen LogP contribution in [-0.4, -0.2) is 161 Å². The van der Waals surface area contributed by atoms with Crippen molar-refractivity contribution in [2.45, 2.75) is 20.8 Å². The zero-order valence-electron chi connectivity index (χ0n) is 60.2. The number of fused-ring (bicyclic) bond motifs is 5. The largest absolute Gasteiger partial charge is 0.505 e. The number of carboxylic acids is 5. The molecule has 13 aromatic heterocycles. The number of aromatic hydroxyl groups is 1. The summed E-state index contributed by atoms with van der Waals surface area (Å²) in [5, 5.41) is 73.4. The van der Waals surface area contributed by atoms with E-state index in [4.69, 9.17) is 19.4 Å². The van der Waals surface area contributed by atoms with Gasteiger partial charge in [-0.3, -0.25) is 76.9 Å². The standard InChI is InChI=1S/C73H50BrN13O25S6/c1-27-12-14-113-57(27)40-18-36-61(117-40)55(111-86-35-17-39(32-11-8-13-77-29(32)3)116-60(35)54(49(72(86)107)67(102)81-24-44(94)95)109-84-33-15-38(31-19-75-26-76-20-31)114-58(33)52(98)46(70(84)105)64(99)78-21-41(88)89)50(68(103)82-25-45(96)97)73(108)87(36)110-53-48(66(101)80-23-43(92)93)71(106)85(34-16-37(115-59(34)53)30-9-6-5-7-10-30)112-56-47(65(100)79-22-42(90)91)69(104)83(4)51-28(2)63(74)118-62(51)56/h5-20,26,98H,21-25H2,1-4H3,(H,78,99)(H,79,100)(H,80,101)(H,81,102)(H,82,103)(H,88,89)(H,90,91)(H,92,93)(H,94,95)(H,96,97). The Hall–Kier alpha value is -14.1. The van der Waals surface area contributed by atoms with Crippen LogP contribution in [0.5, 0.6) is 28.7 Å². The predicted molar refractivity (Wildman–Crippen MR) is 432 cm³/mol. The average Bonchev–Trinajstić information content (AvgIpc) is 1.49. The summed E-state index contributed by atoms with van der Waals surface area (Å²) in [4.78, 5) is 254. The molecule has 0 aliphatic carbocycles. The van der Waals surface area contributed by atoms with Crippen molar-refractivity contribution in [1.82, 2.24) is 65.0 Å². The van der Waals surface area contributed by atoms with Crippen LogP contribution in [0.25, 0.3) is 92.2 Å². The predicted octanol–water partition coefficient (Wildman–Crippen LogP) is 6.85. The molecular weight excluding hydrogens is 1730 g/mol. The lowest BCUT2D eigenvalue weighted by Gasteiger charge is -2.20. The molecule has 0 aliphatic rings. The third-order valence-electron chi connectivity index (χ3n) is 17.5. The lowest BCUT2D eigenvalue weighted by molar-refractivity contribution is -0.136. The number of benzene rings is 1. The molecule has 0 spiro atoms. The Bertz CT molecular complexity index is 7050. The van der Waals surface area contributed by atoms with Crippen molar-refractivity contribution in [3.63, 3.8) is 0 Å². The van der Waals surface area contributed by atoms with Crippen LogP contribution in [0.15, 0.2) is 131 Å². The van der Waals surface area contributed by atoms with Crippen LogP contribution in [-0.2, 0) is 31.0 Å². The van der Waals surface area contributed by atoms with Gasteiger partial charge in [-0.15, -0.1) is 86.9 Å². The highest BCUT2D eigenvalue weighted by Crippen LogP contribution is 2.48. The van der Waals surface area contributed by atoms with E-state index in [9.17, 15) is 69.0 Å². The molecule has 5 amide bonds. The van der Waals surface area contributed by atoms with Gasteiger partial charge < -0.3 is 81.1 Å². The van der Waals surface area contributed by atoms with Gasteiger partial charge in [-0.25, -0.2) is 9.97 Å². The summed E-state index contributed by atoms with van der Waals surface area (Å²) in [6.45, 7) is -0.973. The lowest BCUT2D eigenvalue weighted by Crippen LogP contribution is -2.41. The third-order valence-corrected chi connectivity index (χ3v) is 25.5. The molecule has 0 saturated heterocycles. The molecular formula is C73H50BrN13O25S6. The van der Waals surface area contributed by atoms with Gasteiger partial charge in [-0.2, -0.15) is 0 Å². The Labute approximate surface area is 686 Å². The molecule has 38 nitrogen and oxygen atoms in total. The van der Waals surface area contributed by atoms with Crippen molar-refractivity contribution in [3.8, 4) is 69.8 Å². The fraction of sp³-hybridized carbons (Fsp3) is 0.123. The molecule has 0 unspecified atom stereocenters. The fourth-order valence-electron chi connectivity index (χ4n) is 12.2. The summed E-state index contributed by atoms with van der Waals surface area (Å²) < 4.78 is 1.57. The fourth-order valence-corrected chi connectivity index (χ4v) is 19.6. The molecule has 0 radical (unpaired) electrons. The van der Waals surface area contributed by atoms with E-state index in [0.717, 1.165) is 49.9 Å². The summed E-state index contributed by atoms with van der Waals surface area (Å²) in [5.74, 6) is -20.2. The van der Waals surface area contributed by atoms with Crippen LogP contribution in [0.4, 0.5) is 0 Å². The summed E-state index contributed by atoms with van der Waals surface area (Å²) in [6.07, 6.45) is 5.31. The number of hydrogen-bond acceptors (Lipinski definition) is 29. The van der Waals surface area contributed by atoms with Gasteiger partial charge >= 0.3 is 52.1 Å². The zero-order chi connectivity index (χ0) is 84.3. The van der Waals surface area contributed by atoms with Gasteiger partial charge in [0.2, 0.25) is 0 Å². The number of rotatable bonds is 27. The molecule has 0 bridgehead atoms. The van der Waals surface area contributed by atoms with E-state index < -0.39 is 197 Å². The van der Waals surface area contributed by atoms with Gasteiger partial charge in [-0.1, -0.05) is 36.4 Å². The number of aliphatic carboxylic acids is 5. The van der Waals surface area contributed by atoms with Gasteiger partial charge in [0.1, 0.15) is 75.2 Å². The van der Waals surface area contributed by atoms with Crippen LogP contribution in [0.3, 0.4) is 0 Å². The lowest BCUT2D eigenvalue weighted by atomic mass is 10.1. The minimum atomic E-state index is -1.70. The summed E-state index contributed by atoms with van der Waals surface area (Å²) in [6, 6.07) is 18.1. The molecule has 0 atom stereocenters. The second-order valence-corrected chi connectivity index (χ2v) is 32.6. The quantitative estimate of drug-likeness (QED) is 0.0250. The molecule has 45 heteroatoms. The number of thiophene rings is 6. The van der Waals surface area contributed by atoms with E-state index in [-0.39, 0.29) is 55.7 Å². The highest BCUT2D eigenvalue weighted by Gasteiger charge is 2.38. The van der Waals surface area contributed by atoms with E-state index in [1.165, 1.54) is 62.3 Å². The van der Waals surface area contributed by atoms with Gasteiger partial charge in [0.25, 0.3) is 35.1 Å². The van der Waals surface area contributed by atoms with Crippen molar-refractivity contribution >= 4 is 194 Å². The Balaban J connectivity index is 1.07. The van der Waals surface area contributed by atoms with Gasteiger partial charge in [0.05, 0.1) is 18.7 Å². The van der Waals surface area contributed by atoms with Crippen LogP contribution in [0.1, 0.15) is 68.6 Å². The van der Waals surface area contributed by atoms with Crippen molar-refractivity contribution in [2.24, 2.45) is 7.05 Å². The first kappa shape index (κ1) is 80.5. The van der Waals surface area contributed by atoms with Crippen molar-refractivity contribution in [1.29, 1.82) is 0 Å². The molecule has 13 heterocycles. The number of carboxylic acid groups (broad SMARTS) is 5. The molecule has 1 aromatic carbocycles. The zero-order valence-corrected chi connectivity index (χ0v) is 66.7. The highest BCUT2D eigenvalue weighted by atomic mass is 79.9. The number of carbonyl (C=O) groups excluding carboxylic acids is 5. The summed E-state index contributed by atoms with van der Waals surface area (Å²) >= 11 is 8.38. The average molecular weight is 1780 g/mol. The van der Waals surface area contributed by atoms with E-state index in [2.05, 4.69) is 52.1 Å². The maximum Gasteiger partial charge on any atom is 0.322 e. The topological polar surface area (TPSA) is 538 Å². The smallest absolute Gasteiger partial charge is 0.322 e. The first-order valence-corrected chi connectivity index (χ1v) is 39.5. The number of nitrogens with one attached hydrogen (secondary N) is 5. The number of carbonyl (C=O) groups is 10. The normalized spacial score (nSPS) is 11.3. The SMILES string of the molecule is Cc1ccsc1-c1cc2c(s1)c(On1c(=O)c(C(=O)NCC(=O)O)c(On3c(=O)c(C(=O)NCC(=O)O)c(O)c4sc(-c5cncnc5)cc43)c3sc(-c4cccnc4C)cc31)c(C(=O)NCC(=O)O)c(=O)n2Oc1c(C(=O)NCC(=O)O)c(=O)n(Oc2c(C(=O)NCC(=O)O)c(=O)n(C)c3c(C)c(Br)sc23)c2cc(-c3ccccc3)sc12. The minimum Gasteiger partial charge on any atom is -0.505 e. The van der Waals surface area contributed by atoms with Crippen molar-refractivity contribution < 1.29 is 97.9 Å². The molecule has 0 saturated carbocycles. The van der Waals surface area contributed by atoms with Crippen LogP contribution in [0, 0.1) is 20.8 Å². The maximum atomic E-state index is 16.5. The molecule has 14 rings (SSSR count). The number of aryl methyl sites for hydroxylation is 4. The number of halogens is 1. The Morgan fingerprint density at radius 2 is 0.831 bits per heavy atom. The second kappa shape index (κ2) is 32.3. The van der Waals surface area contributed by atoms with Crippen LogP contribution in [0.2, 0.25) is 0 Å². The van der Waals surface area contributed by atoms with Gasteiger partial charge in [0, 0.05) is 66.8 Å². The monoisotopic (exact) mass is 1780 g/mol. The van der Waals surface area contributed by atoms with Crippen LogP contribution < -0.4 is 73.7 Å². The molecule has 14 aromatic rings. The van der Waals surface area contributed by atoms with Crippen molar-refractivity contribution in [2.75, 3.05) is 32.7 Å². The second-order valence-electron chi connectivity index (χ2n) is 25.1. The van der Waals surface area contributed by atoms with Crippen LogP contribution >= 0.6 is 84.0 Å². The number of pyridine rings is 6. The molecule has 0 aliphatic heterocycles. The first-order valence-electron chi connectivity index (χ1n) is 33.7. The Morgan fingerprint density at radius 1 is 0.449 bits per heavy atom. The number of nitrogens with zero attached hydrogens (tertiary/aromatic N) is 8.